The number of nitrogens with two attached hydrogens (primary N) is 1. The fourth-order valence-corrected chi connectivity index (χ4v) is 1.81. The highest BCUT2D eigenvalue weighted by atomic mass is 79.9. The molecule has 0 fully saturated rings. The quantitative estimate of drug-likeness (QED) is 0.849. The first-order valence-corrected chi connectivity index (χ1v) is 4.94. The Balaban J connectivity index is 2.58. The van der Waals surface area contributed by atoms with Gasteiger partial charge in [0.2, 0.25) is 0 Å². The highest BCUT2D eigenvalue weighted by Gasteiger charge is 2.10. The van der Waals surface area contributed by atoms with Crippen molar-refractivity contribution >= 4 is 21.6 Å². The maximum Gasteiger partial charge on any atom is 0.189 e. The number of aryl methyl sites for hydroxylation is 1. The highest BCUT2D eigenvalue weighted by Crippen LogP contribution is 2.29. The van der Waals surface area contributed by atoms with Crippen LogP contribution in [0.5, 0.6) is 0 Å². The van der Waals surface area contributed by atoms with Gasteiger partial charge in [-0.1, -0.05) is 21.1 Å². The molecule has 0 aliphatic heterocycles. The Labute approximate surface area is 90.0 Å². The van der Waals surface area contributed by atoms with E-state index in [-0.39, 0.29) is 0 Å². The molecular weight excluding hydrogens is 244 g/mol. The molecule has 0 saturated heterocycles. The van der Waals surface area contributed by atoms with E-state index in [9.17, 15) is 0 Å². The van der Waals surface area contributed by atoms with Gasteiger partial charge in [0.15, 0.2) is 5.76 Å². The number of nitrogens with zero attached hydrogens (tertiary/aromatic N) is 1. The lowest BCUT2D eigenvalue weighted by atomic mass is 10.1. The Bertz CT molecular complexity index is 465. The predicted molar refractivity (Wildman–Crippen MR) is 58.8 cm³/mol. The monoisotopic (exact) mass is 252 g/mol. The van der Waals surface area contributed by atoms with Crippen molar-refractivity contribution in [1.29, 1.82) is 0 Å². The van der Waals surface area contributed by atoms with E-state index in [1.807, 2.05) is 25.1 Å². The molecule has 4 heteroatoms. The van der Waals surface area contributed by atoms with Crippen molar-refractivity contribution in [2.75, 3.05) is 5.73 Å². The molecular formula is C10H9BrN2O. The maximum absolute atomic E-state index is 5.71. The van der Waals surface area contributed by atoms with E-state index in [1.54, 1.807) is 0 Å². The molecule has 2 aromatic rings. The lowest BCUT2D eigenvalue weighted by Crippen LogP contribution is -1.87. The van der Waals surface area contributed by atoms with Crippen molar-refractivity contribution < 1.29 is 4.52 Å². The van der Waals surface area contributed by atoms with Gasteiger partial charge in [0, 0.05) is 10.0 Å². The summed E-state index contributed by atoms with van der Waals surface area (Å²) in [5.41, 5.74) is 8.35. The van der Waals surface area contributed by atoms with Crippen molar-refractivity contribution in [3.63, 3.8) is 0 Å². The number of rotatable bonds is 1. The average molecular weight is 253 g/mol. The molecule has 0 radical (unpaired) electrons. The number of benzene rings is 1. The van der Waals surface area contributed by atoms with Gasteiger partial charge >= 0.3 is 0 Å². The van der Waals surface area contributed by atoms with Gasteiger partial charge < -0.3 is 10.3 Å². The highest BCUT2D eigenvalue weighted by molar-refractivity contribution is 9.10. The molecule has 0 atom stereocenters. The summed E-state index contributed by atoms with van der Waals surface area (Å²) in [6, 6.07) is 5.91. The first-order valence-electron chi connectivity index (χ1n) is 4.15. The summed E-state index contributed by atoms with van der Waals surface area (Å²) in [5.74, 6) is 0.634. The number of hydrogen-bond donors (Lipinski definition) is 1. The molecule has 1 aromatic carbocycles. The van der Waals surface area contributed by atoms with Crippen molar-refractivity contribution in [2.45, 2.75) is 6.92 Å². The van der Waals surface area contributed by atoms with Crippen LogP contribution in [-0.4, -0.2) is 5.16 Å². The third kappa shape index (κ3) is 1.53. The first kappa shape index (κ1) is 9.27. The van der Waals surface area contributed by atoms with E-state index in [0.29, 0.717) is 11.4 Å². The number of halogens is 1. The standard InChI is InChI=1S/C10H9BrN2O/c1-6-4-7(11)2-3-8(6)10-9(12)5-13-14-10/h2-5H,12H2,1H3. The fraction of sp³-hybridized carbons (Fsp3) is 0.100. The van der Waals surface area contributed by atoms with E-state index in [1.165, 1.54) is 6.20 Å². The second-order valence-electron chi connectivity index (χ2n) is 3.07. The number of anilines is 1. The van der Waals surface area contributed by atoms with Crippen LogP contribution in [0.1, 0.15) is 5.56 Å². The summed E-state index contributed by atoms with van der Waals surface area (Å²) < 4.78 is 6.12. The minimum atomic E-state index is 0.565. The molecule has 0 spiro atoms. The van der Waals surface area contributed by atoms with Crippen LogP contribution in [0, 0.1) is 6.92 Å². The lowest BCUT2D eigenvalue weighted by molar-refractivity contribution is 0.432. The van der Waals surface area contributed by atoms with Gasteiger partial charge in [-0.2, -0.15) is 0 Å². The van der Waals surface area contributed by atoms with E-state index >= 15 is 0 Å². The fourth-order valence-electron chi connectivity index (χ4n) is 1.33. The van der Waals surface area contributed by atoms with E-state index in [4.69, 9.17) is 10.3 Å². The van der Waals surface area contributed by atoms with Crippen LogP contribution in [0.25, 0.3) is 11.3 Å². The van der Waals surface area contributed by atoms with Gasteiger partial charge in [0.25, 0.3) is 0 Å². The normalized spacial score (nSPS) is 10.4. The summed E-state index contributed by atoms with van der Waals surface area (Å²) in [7, 11) is 0. The van der Waals surface area contributed by atoms with E-state index in [2.05, 4.69) is 21.1 Å². The van der Waals surface area contributed by atoms with E-state index in [0.717, 1.165) is 15.6 Å². The molecule has 0 unspecified atom stereocenters. The lowest BCUT2D eigenvalue weighted by Gasteiger charge is -2.02. The Kier molecular flexibility index (Phi) is 2.29. The zero-order valence-electron chi connectivity index (χ0n) is 7.62. The van der Waals surface area contributed by atoms with Gasteiger partial charge in [-0.25, -0.2) is 0 Å². The minimum Gasteiger partial charge on any atom is -0.394 e. The first-order chi connectivity index (χ1) is 6.68. The predicted octanol–water partition coefficient (Wildman–Crippen LogP) is 2.99. The largest absolute Gasteiger partial charge is 0.394 e. The van der Waals surface area contributed by atoms with Crippen LogP contribution in [0.4, 0.5) is 5.69 Å². The van der Waals surface area contributed by atoms with Crippen LogP contribution < -0.4 is 5.73 Å². The third-order valence-corrected chi connectivity index (χ3v) is 2.52. The van der Waals surface area contributed by atoms with Gasteiger partial charge in [-0.15, -0.1) is 0 Å². The van der Waals surface area contributed by atoms with E-state index < -0.39 is 0 Å². The number of nitrogen functional groups attached to an aromatic ring is 1. The molecule has 2 N–H and O–H groups in total. The van der Waals surface area contributed by atoms with Crippen molar-refractivity contribution in [3.8, 4) is 11.3 Å². The number of aromatic nitrogens is 1. The molecule has 0 aliphatic rings. The molecule has 0 amide bonds. The zero-order chi connectivity index (χ0) is 10.1. The third-order valence-electron chi connectivity index (χ3n) is 2.03. The number of hydrogen-bond acceptors (Lipinski definition) is 3. The Morgan fingerprint density at radius 3 is 2.79 bits per heavy atom. The van der Waals surface area contributed by atoms with Crippen LogP contribution in [0.2, 0.25) is 0 Å². The van der Waals surface area contributed by atoms with Crippen LogP contribution in [-0.2, 0) is 0 Å². The molecule has 0 saturated carbocycles. The molecule has 2 rings (SSSR count). The van der Waals surface area contributed by atoms with Crippen molar-refractivity contribution in [2.24, 2.45) is 0 Å². The van der Waals surface area contributed by atoms with Gasteiger partial charge in [0.1, 0.15) is 5.69 Å². The van der Waals surface area contributed by atoms with Crippen molar-refractivity contribution in [1.82, 2.24) is 5.16 Å². The Morgan fingerprint density at radius 1 is 1.43 bits per heavy atom. The zero-order valence-corrected chi connectivity index (χ0v) is 9.21. The minimum absolute atomic E-state index is 0.565. The van der Waals surface area contributed by atoms with Crippen LogP contribution >= 0.6 is 15.9 Å². The molecule has 0 aliphatic carbocycles. The second-order valence-corrected chi connectivity index (χ2v) is 3.99. The Hall–Kier alpha value is -1.29. The summed E-state index contributed by atoms with van der Waals surface area (Å²) in [5, 5.41) is 3.65. The van der Waals surface area contributed by atoms with Gasteiger partial charge in [-0.3, -0.25) is 0 Å². The molecule has 14 heavy (non-hydrogen) atoms. The topological polar surface area (TPSA) is 52.0 Å². The molecule has 1 aromatic heterocycles. The summed E-state index contributed by atoms with van der Waals surface area (Å²) >= 11 is 3.40. The average Bonchev–Trinajstić information content (AvgIpc) is 2.52. The van der Waals surface area contributed by atoms with Gasteiger partial charge in [-0.05, 0) is 30.7 Å². The second kappa shape index (κ2) is 3.46. The van der Waals surface area contributed by atoms with Crippen LogP contribution in [0.3, 0.4) is 0 Å². The Morgan fingerprint density at radius 2 is 2.21 bits per heavy atom. The molecule has 1 heterocycles. The SMILES string of the molecule is Cc1cc(Br)ccc1-c1oncc1N. The maximum atomic E-state index is 5.71. The smallest absolute Gasteiger partial charge is 0.189 e. The van der Waals surface area contributed by atoms with Crippen LogP contribution in [0.15, 0.2) is 33.4 Å². The summed E-state index contributed by atoms with van der Waals surface area (Å²) in [6.45, 7) is 2.00. The molecule has 3 nitrogen and oxygen atoms in total. The van der Waals surface area contributed by atoms with Crippen molar-refractivity contribution in [3.05, 3.63) is 34.4 Å². The summed E-state index contributed by atoms with van der Waals surface area (Å²) in [6.07, 6.45) is 1.51. The molecule has 0 bridgehead atoms. The molecule has 72 valence electrons. The van der Waals surface area contributed by atoms with Gasteiger partial charge in [0.05, 0.1) is 6.20 Å². The summed E-state index contributed by atoms with van der Waals surface area (Å²) in [4.78, 5) is 0.